The van der Waals surface area contributed by atoms with Gasteiger partial charge in [-0.3, -0.25) is 0 Å². The molecule has 0 spiro atoms. The molecule has 0 aromatic heterocycles. The second-order valence-corrected chi connectivity index (χ2v) is 4.95. The normalized spacial score (nSPS) is 11.0. The van der Waals surface area contributed by atoms with Crippen LogP contribution in [0.1, 0.15) is 6.92 Å². The van der Waals surface area contributed by atoms with Crippen LogP contribution < -0.4 is 21.2 Å². The molecule has 0 atom stereocenters. The van der Waals surface area contributed by atoms with Crippen LogP contribution in [0.25, 0.3) is 0 Å². The molecule has 1 aromatic carbocycles. The Labute approximate surface area is 96.7 Å². The predicted molar refractivity (Wildman–Crippen MR) is 50.1 cm³/mol. The van der Waals surface area contributed by atoms with E-state index in [0.717, 1.165) is 0 Å². The van der Waals surface area contributed by atoms with Crippen LogP contribution in [-0.2, 0) is 0 Å². The van der Waals surface area contributed by atoms with Gasteiger partial charge in [-0.05, 0) is 25.1 Å². The van der Waals surface area contributed by atoms with Crippen molar-refractivity contribution in [3.63, 3.8) is 0 Å². The average Bonchev–Trinajstić information content (AvgIpc) is 2.14. The maximum absolute atomic E-state index is 9.75. The highest BCUT2D eigenvalue weighted by atomic mass is 127. The van der Waals surface area contributed by atoms with E-state index in [1.807, 2.05) is 0 Å². The molecule has 0 heterocycles. The lowest BCUT2D eigenvalue weighted by molar-refractivity contribution is -0.557. The molecule has 15 heavy (non-hydrogen) atoms. The van der Waals surface area contributed by atoms with E-state index in [-0.39, 0.29) is 21.2 Å². The van der Waals surface area contributed by atoms with E-state index in [2.05, 4.69) is 47.4 Å². The van der Waals surface area contributed by atoms with Gasteiger partial charge in [-0.2, -0.15) is 0 Å². The van der Waals surface area contributed by atoms with Crippen molar-refractivity contribution in [2.75, 3.05) is 0 Å². The Morgan fingerprint density at radius 2 is 1.53 bits per heavy atom. The SMILES string of the molecule is C/C=C/[I+]c1ccccc1.F[B-](F)(F)F. The van der Waals surface area contributed by atoms with Crippen molar-refractivity contribution in [1.82, 2.24) is 0 Å². The van der Waals surface area contributed by atoms with Crippen molar-refractivity contribution in [2.24, 2.45) is 0 Å². The summed E-state index contributed by atoms with van der Waals surface area (Å²) >= 11 is 0.146. The Morgan fingerprint density at radius 1 is 1.07 bits per heavy atom. The van der Waals surface area contributed by atoms with E-state index in [1.54, 1.807) is 0 Å². The molecule has 1 rings (SSSR count). The summed E-state index contributed by atoms with van der Waals surface area (Å²) in [6.45, 7) is 2.07. The summed E-state index contributed by atoms with van der Waals surface area (Å²) in [7, 11) is -6.00. The molecule has 0 unspecified atom stereocenters. The minimum atomic E-state index is -6.00. The number of rotatable bonds is 2. The summed E-state index contributed by atoms with van der Waals surface area (Å²) in [5.74, 6) is 0. The topological polar surface area (TPSA) is 0 Å². The predicted octanol–water partition coefficient (Wildman–Crippen LogP) is 0.779. The lowest BCUT2D eigenvalue weighted by Crippen LogP contribution is -3.59. The lowest BCUT2D eigenvalue weighted by Gasteiger charge is -1.94. The molecule has 0 aliphatic carbocycles. The van der Waals surface area contributed by atoms with Crippen molar-refractivity contribution < 1.29 is 38.5 Å². The molecular formula is C9H10BF4I. The van der Waals surface area contributed by atoms with Gasteiger partial charge in [0.15, 0.2) is 7.65 Å². The zero-order chi connectivity index (χ0) is 11.7. The first-order chi connectivity index (χ1) is 6.93. The molecular weight excluding hydrogens is 322 g/mol. The maximum Gasteiger partial charge on any atom is 0.673 e. The summed E-state index contributed by atoms with van der Waals surface area (Å²) in [4.78, 5) is 0. The molecule has 0 fully saturated rings. The van der Waals surface area contributed by atoms with E-state index in [0.29, 0.717) is 0 Å². The third-order valence-corrected chi connectivity index (χ3v) is 3.57. The van der Waals surface area contributed by atoms with Crippen molar-refractivity contribution >= 4 is 7.25 Å². The van der Waals surface area contributed by atoms with Gasteiger partial charge in [0.25, 0.3) is 0 Å². The molecule has 0 amide bonds. The van der Waals surface area contributed by atoms with Crippen LogP contribution in [0.15, 0.2) is 40.5 Å². The van der Waals surface area contributed by atoms with Gasteiger partial charge in [-0.1, -0.05) is 18.2 Å². The summed E-state index contributed by atoms with van der Waals surface area (Å²) in [5, 5.41) is 0. The number of benzene rings is 1. The van der Waals surface area contributed by atoms with Crippen LogP contribution in [0.3, 0.4) is 0 Å². The quantitative estimate of drug-likeness (QED) is 0.427. The molecule has 0 saturated heterocycles. The van der Waals surface area contributed by atoms with Crippen molar-refractivity contribution in [2.45, 2.75) is 6.92 Å². The molecule has 1 aromatic rings. The van der Waals surface area contributed by atoms with Crippen LogP contribution in [0.4, 0.5) is 17.3 Å². The largest absolute Gasteiger partial charge is 0.673 e. The average molecular weight is 332 g/mol. The number of halogens is 5. The fourth-order valence-corrected chi connectivity index (χ4v) is 2.23. The number of hydrogen-bond donors (Lipinski definition) is 0. The minimum absolute atomic E-state index is 0.146. The number of hydrogen-bond acceptors (Lipinski definition) is 0. The zero-order valence-electron chi connectivity index (χ0n) is 8.01. The molecule has 6 heteroatoms. The molecule has 0 radical (unpaired) electrons. The van der Waals surface area contributed by atoms with Gasteiger partial charge >= 0.3 is 28.5 Å². The van der Waals surface area contributed by atoms with Gasteiger partial charge < -0.3 is 17.3 Å². The summed E-state index contributed by atoms with van der Waals surface area (Å²) < 4.78 is 42.8. The maximum atomic E-state index is 9.75. The Hall–Kier alpha value is -0.525. The van der Waals surface area contributed by atoms with Gasteiger partial charge in [0.1, 0.15) is 0 Å². The van der Waals surface area contributed by atoms with Crippen LogP contribution in [-0.4, -0.2) is 7.25 Å². The van der Waals surface area contributed by atoms with E-state index in [1.165, 1.54) is 3.57 Å². The van der Waals surface area contributed by atoms with E-state index < -0.39 is 7.25 Å². The smallest absolute Gasteiger partial charge is 0.418 e. The molecule has 84 valence electrons. The van der Waals surface area contributed by atoms with E-state index in [4.69, 9.17) is 0 Å². The molecule has 0 aliphatic heterocycles. The number of allylic oxidation sites excluding steroid dienone is 1. The van der Waals surface area contributed by atoms with Gasteiger partial charge in [0.05, 0.1) is 0 Å². The van der Waals surface area contributed by atoms with Crippen LogP contribution >= 0.6 is 0 Å². The minimum Gasteiger partial charge on any atom is -0.418 e. The molecule has 0 saturated carbocycles. The van der Waals surface area contributed by atoms with Gasteiger partial charge in [0, 0.05) is 0 Å². The molecule has 0 bridgehead atoms. The molecule has 0 N–H and O–H groups in total. The fourth-order valence-electron chi connectivity index (χ4n) is 0.623. The van der Waals surface area contributed by atoms with Crippen LogP contribution in [0, 0.1) is 3.57 Å². The van der Waals surface area contributed by atoms with Crippen molar-refractivity contribution in [3.05, 3.63) is 44.1 Å². The first-order valence-corrected chi connectivity index (χ1v) is 6.43. The van der Waals surface area contributed by atoms with E-state index in [9.17, 15) is 17.3 Å². The summed E-state index contributed by atoms with van der Waals surface area (Å²) in [6.07, 6.45) is 2.13. The third kappa shape index (κ3) is 13.5. The Kier molecular flexibility index (Phi) is 7.46. The first-order valence-electron chi connectivity index (χ1n) is 4.10. The van der Waals surface area contributed by atoms with Crippen molar-refractivity contribution in [1.29, 1.82) is 0 Å². The molecule has 0 aliphatic rings. The first kappa shape index (κ1) is 14.5. The fraction of sp³-hybridized carbons (Fsp3) is 0.111. The summed E-state index contributed by atoms with van der Waals surface area (Å²) in [5.41, 5.74) is 0. The van der Waals surface area contributed by atoms with Crippen molar-refractivity contribution in [3.8, 4) is 0 Å². The highest BCUT2D eigenvalue weighted by Gasteiger charge is 2.20. The second-order valence-electron chi connectivity index (χ2n) is 2.36. The van der Waals surface area contributed by atoms with Gasteiger partial charge in [0.2, 0.25) is 0 Å². The monoisotopic (exact) mass is 332 g/mol. The lowest BCUT2D eigenvalue weighted by atomic mass is 10.3. The van der Waals surface area contributed by atoms with Crippen LogP contribution in [0.5, 0.6) is 0 Å². The zero-order valence-corrected chi connectivity index (χ0v) is 10.2. The highest BCUT2D eigenvalue weighted by molar-refractivity contribution is 6.50. The highest BCUT2D eigenvalue weighted by Crippen LogP contribution is 2.06. The Bertz CT molecular complexity index is 278. The second kappa shape index (κ2) is 7.73. The van der Waals surface area contributed by atoms with E-state index >= 15 is 0 Å². The Balaban J connectivity index is 0.000000336. The summed E-state index contributed by atoms with van der Waals surface area (Å²) in [6, 6.07) is 10.6. The van der Waals surface area contributed by atoms with Crippen LogP contribution in [0.2, 0.25) is 0 Å². The van der Waals surface area contributed by atoms with Gasteiger partial charge in [-0.25, -0.2) is 0 Å². The standard InChI is InChI=1S/C9H10I.BF4/c1-2-8-10-9-6-4-3-5-7-9;2-1(3,4)5/h2-8H,1H3;/q+1;-1/b8-2+;. The van der Waals surface area contributed by atoms with Gasteiger partial charge in [-0.15, -0.1) is 0 Å². The molecule has 0 nitrogen and oxygen atoms in total. The Morgan fingerprint density at radius 3 is 1.93 bits per heavy atom. The third-order valence-electron chi connectivity index (χ3n) is 1.05.